The molecule has 1 aliphatic carbocycles. The van der Waals surface area contributed by atoms with Crippen molar-refractivity contribution < 1.29 is 8.78 Å². The summed E-state index contributed by atoms with van der Waals surface area (Å²) in [6, 6.07) is 3.76. The zero-order valence-corrected chi connectivity index (χ0v) is 11.9. The van der Waals surface area contributed by atoms with E-state index in [1.807, 2.05) is 0 Å². The Kier molecular flexibility index (Phi) is 5.62. The Balaban J connectivity index is 1.96. The standard InChI is InChI=1S/C16H21ClF2/c17-15(12-6-4-2-1-3-5-7-12)10-13-8-9-14(18)11-16(13)19/h8-9,11-12,15H,1-7,10H2. The van der Waals surface area contributed by atoms with Gasteiger partial charge in [0, 0.05) is 11.4 Å². The van der Waals surface area contributed by atoms with E-state index in [1.54, 1.807) is 0 Å². The van der Waals surface area contributed by atoms with Crippen molar-refractivity contribution in [1.82, 2.24) is 0 Å². The van der Waals surface area contributed by atoms with E-state index in [4.69, 9.17) is 11.6 Å². The minimum Gasteiger partial charge on any atom is -0.207 e. The maximum Gasteiger partial charge on any atom is 0.129 e. The molecule has 1 fully saturated rings. The van der Waals surface area contributed by atoms with Crippen molar-refractivity contribution in [2.75, 3.05) is 0 Å². The lowest BCUT2D eigenvalue weighted by Crippen LogP contribution is -2.19. The highest BCUT2D eigenvalue weighted by molar-refractivity contribution is 6.20. The summed E-state index contributed by atoms with van der Waals surface area (Å²) in [5.74, 6) is -0.541. The van der Waals surface area contributed by atoms with Gasteiger partial charge in [-0.25, -0.2) is 8.78 Å². The molecular weight excluding hydrogens is 266 g/mol. The van der Waals surface area contributed by atoms with Crippen molar-refractivity contribution in [2.24, 2.45) is 5.92 Å². The van der Waals surface area contributed by atoms with E-state index in [9.17, 15) is 8.78 Å². The first-order chi connectivity index (χ1) is 9.16. The van der Waals surface area contributed by atoms with Gasteiger partial charge in [-0.3, -0.25) is 0 Å². The smallest absolute Gasteiger partial charge is 0.129 e. The Morgan fingerprint density at radius 1 is 1.05 bits per heavy atom. The summed E-state index contributed by atoms with van der Waals surface area (Å²) in [5.41, 5.74) is 0.531. The van der Waals surface area contributed by atoms with Gasteiger partial charge in [-0.1, -0.05) is 38.2 Å². The highest BCUT2D eigenvalue weighted by Gasteiger charge is 2.21. The fourth-order valence-electron chi connectivity index (χ4n) is 2.91. The van der Waals surface area contributed by atoms with Gasteiger partial charge in [-0.2, -0.15) is 0 Å². The zero-order valence-electron chi connectivity index (χ0n) is 11.2. The molecule has 0 bridgehead atoms. The van der Waals surface area contributed by atoms with Crippen molar-refractivity contribution in [3.8, 4) is 0 Å². The first-order valence-corrected chi connectivity index (χ1v) is 7.68. The molecule has 1 atom stereocenters. The second-order valence-corrected chi connectivity index (χ2v) is 6.12. The van der Waals surface area contributed by atoms with Gasteiger partial charge >= 0.3 is 0 Å². The van der Waals surface area contributed by atoms with Crippen molar-refractivity contribution in [2.45, 2.75) is 56.7 Å². The minimum absolute atomic E-state index is 0.0435. The van der Waals surface area contributed by atoms with Crippen LogP contribution < -0.4 is 0 Å². The number of hydrogen-bond acceptors (Lipinski definition) is 0. The van der Waals surface area contributed by atoms with Crippen molar-refractivity contribution in [3.05, 3.63) is 35.4 Å². The van der Waals surface area contributed by atoms with Crippen LogP contribution in [0.5, 0.6) is 0 Å². The van der Waals surface area contributed by atoms with E-state index in [0.29, 0.717) is 17.9 Å². The molecule has 0 radical (unpaired) electrons. The summed E-state index contributed by atoms with van der Waals surface area (Å²) in [5, 5.41) is -0.0435. The molecular formula is C16H21ClF2. The summed E-state index contributed by atoms with van der Waals surface area (Å²) in [6.07, 6.45) is 9.11. The normalized spacial score (nSPS) is 19.7. The van der Waals surface area contributed by atoms with Crippen LogP contribution in [0.2, 0.25) is 0 Å². The van der Waals surface area contributed by atoms with E-state index in [1.165, 1.54) is 44.2 Å². The predicted molar refractivity (Wildman–Crippen MR) is 75.5 cm³/mol. The van der Waals surface area contributed by atoms with Gasteiger partial charge in [0.25, 0.3) is 0 Å². The van der Waals surface area contributed by atoms with Crippen molar-refractivity contribution in [3.63, 3.8) is 0 Å². The third kappa shape index (κ3) is 4.45. The lowest BCUT2D eigenvalue weighted by molar-refractivity contribution is 0.362. The first kappa shape index (κ1) is 14.8. The largest absolute Gasteiger partial charge is 0.207 e. The molecule has 3 heteroatoms. The number of hydrogen-bond donors (Lipinski definition) is 0. The highest BCUT2D eigenvalue weighted by Crippen LogP contribution is 2.30. The Morgan fingerprint density at radius 2 is 1.68 bits per heavy atom. The number of alkyl halides is 1. The third-order valence-electron chi connectivity index (χ3n) is 4.09. The third-order valence-corrected chi connectivity index (χ3v) is 4.60. The van der Waals surface area contributed by atoms with Gasteiger partial charge in [-0.15, -0.1) is 11.6 Å². The summed E-state index contributed by atoms with van der Waals surface area (Å²) in [7, 11) is 0. The quantitative estimate of drug-likeness (QED) is 0.646. The molecule has 1 saturated carbocycles. The first-order valence-electron chi connectivity index (χ1n) is 7.25. The maximum absolute atomic E-state index is 13.6. The second kappa shape index (κ2) is 7.23. The molecule has 19 heavy (non-hydrogen) atoms. The van der Waals surface area contributed by atoms with Gasteiger partial charge in [0.2, 0.25) is 0 Å². The Bertz CT molecular complexity index is 398. The molecule has 1 aromatic rings. The van der Waals surface area contributed by atoms with E-state index < -0.39 is 11.6 Å². The lowest BCUT2D eigenvalue weighted by Gasteiger charge is -2.24. The summed E-state index contributed by atoms with van der Waals surface area (Å²) in [4.78, 5) is 0. The lowest BCUT2D eigenvalue weighted by atomic mass is 9.86. The molecule has 1 aliphatic rings. The number of benzene rings is 1. The summed E-state index contributed by atoms with van der Waals surface area (Å²) < 4.78 is 26.5. The average molecular weight is 287 g/mol. The Hall–Kier alpha value is -0.630. The van der Waals surface area contributed by atoms with Gasteiger partial charge in [0.1, 0.15) is 11.6 Å². The summed E-state index contributed by atoms with van der Waals surface area (Å²) in [6.45, 7) is 0. The molecule has 0 aliphatic heterocycles. The van der Waals surface area contributed by atoms with E-state index >= 15 is 0 Å². The van der Waals surface area contributed by atoms with E-state index in [0.717, 1.165) is 18.9 Å². The summed E-state index contributed by atoms with van der Waals surface area (Å²) >= 11 is 6.47. The molecule has 106 valence electrons. The predicted octanol–water partition coefficient (Wildman–Crippen LogP) is 5.48. The van der Waals surface area contributed by atoms with Crippen molar-refractivity contribution in [1.29, 1.82) is 0 Å². The monoisotopic (exact) mass is 286 g/mol. The molecule has 0 heterocycles. The molecule has 1 aromatic carbocycles. The average Bonchev–Trinajstić information content (AvgIpc) is 2.32. The van der Waals surface area contributed by atoms with E-state index in [2.05, 4.69) is 0 Å². The van der Waals surface area contributed by atoms with E-state index in [-0.39, 0.29) is 5.38 Å². The molecule has 0 N–H and O–H groups in total. The highest BCUT2D eigenvalue weighted by atomic mass is 35.5. The SMILES string of the molecule is Fc1ccc(CC(Cl)C2CCCCCCC2)c(F)c1. The van der Waals surface area contributed by atoms with Gasteiger partial charge in [-0.05, 0) is 36.8 Å². The second-order valence-electron chi connectivity index (χ2n) is 5.56. The maximum atomic E-state index is 13.6. The number of halogens is 3. The number of rotatable bonds is 3. The van der Waals surface area contributed by atoms with Crippen molar-refractivity contribution >= 4 is 11.6 Å². The van der Waals surface area contributed by atoms with Crippen LogP contribution in [0.3, 0.4) is 0 Å². The molecule has 0 aromatic heterocycles. The molecule has 0 nitrogen and oxygen atoms in total. The fourth-order valence-corrected chi connectivity index (χ4v) is 3.33. The van der Waals surface area contributed by atoms with Crippen LogP contribution >= 0.6 is 11.6 Å². The topological polar surface area (TPSA) is 0 Å². The zero-order chi connectivity index (χ0) is 13.7. The molecule has 0 amide bonds. The minimum atomic E-state index is -0.529. The Morgan fingerprint density at radius 3 is 2.32 bits per heavy atom. The van der Waals surface area contributed by atoms with Gasteiger partial charge in [0.05, 0.1) is 0 Å². The fraction of sp³-hybridized carbons (Fsp3) is 0.625. The molecule has 0 spiro atoms. The van der Waals surface area contributed by atoms with Gasteiger partial charge in [0.15, 0.2) is 0 Å². The van der Waals surface area contributed by atoms with Crippen LogP contribution in [0.15, 0.2) is 18.2 Å². The van der Waals surface area contributed by atoms with Gasteiger partial charge < -0.3 is 0 Å². The molecule has 1 unspecified atom stereocenters. The van der Waals surface area contributed by atoms with Crippen LogP contribution in [0.25, 0.3) is 0 Å². The van der Waals surface area contributed by atoms with Crippen LogP contribution in [0.1, 0.15) is 50.5 Å². The molecule has 0 saturated heterocycles. The van der Waals surface area contributed by atoms with Crippen LogP contribution in [0, 0.1) is 17.6 Å². The van der Waals surface area contributed by atoms with Crippen LogP contribution in [-0.2, 0) is 6.42 Å². The van der Waals surface area contributed by atoms with Crippen LogP contribution in [0.4, 0.5) is 8.78 Å². The van der Waals surface area contributed by atoms with Crippen LogP contribution in [-0.4, -0.2) is 5.38 Å². The Labute approximate surface area is 119 Å². The molecule has 2 rings (SSSR count).